The lowest BCUT2D eigenvalue weighted by molar-refractivity contribution is 0.104. The Morgan fingerprint density at radius 2 is 1.90 bits per heavy atom. The van der Waals surface area contributed by atoms with Crippen LogP contribution < -0.4 is 0 Å². The standard InChI is InChI=1S/C16H9ClFNO/c17-15-9-13(18)6-7-14(15)16(20)8-5-11-1-3-12(10-19)4-2-11/h1-9H/b8-5+. The van der Waals surface area contributed by atoms with E-state index in [0.29, 0.717) is 5.56 Å². The molecule has 0 amide bonds. The third kappa shape index (κ3) is 3.31. The topological polar surface area (TPSA) is 40.9 Å². The van der Waals surface area contributed by atoms with Gasteiger partial charge in [0.15, 0.2) is 5.78 Å². The number of ketones is 1. The van der Waals surface area contributed by atoms with E-state index in [-0.39, 0.29) is 16.4 Å². The lowest BCUT2D eigenvalue weighted by Crippen LogP contribution is -1.95. The molecule has 0 aromatic heterocycles. The highest BCUT2D eigenvalue weighted by Gasteiger charge is 2.07. The molecule has 2 nitrogen and oxygen atoms in total. The van der Waals surface area contributed by atoms with Crippen LogP contribution in [-0.2, 0) is 0 Å². The van der Waals surface area contributed by atoms with Crippen molar-refractivity contribution in [2.75, 3.05) is 0 Å². The van der Waals surface area contributed by atoms with Crippen molar-refractivity contribution in [1.29, 1.82) is 5.26 Å². The number of allylic oxidation sites excluding steroid dienone is 1. The van der Waals surface area contributed by atoms with Crippen molar-refractivity contribution >= 4 is 23.5 Å². The zero-order chi connectivity index (χ0) is 14.5. The van der Waals surface area contributed by atoms with E-state index in [4.69, 9.17) is 16.9 Å². The van der Waals surface area contributed by atoms with Crippen LogP contribution in [0.5, 0.6) is 0 Å². The van der Waals surface area contributed by atoms with E-state index >= 15 is 0 Å². The highest BCUT2D eigenvalue weighted by atomic mass is 35.5. The number of nitriles is 1. The maximum Gasteiger partial charge on any atom is 0.187 e. The van der Waals surface area contributed by atoms with Gasteiger partial charge in [0, 0.05) is 5.56 Å². The maximum absolute atomic E-state index is 12.9. The van der Waals surface area contributed by atoms with Gasteiger partial charge in [-0.1, -0.05) is 29.8 Å². The Morgan fingerprint density at radius 3 is 2.50 bits per heavy atom. The van der Waals surface area contributed by atoms with Crippen LogP contribution in [0.15, 0.2) is 48.5 Å². The first-order valence-corrected chi connectivity index (χ1v) is 6.15. The highest BCUT2D eigenvalue weighted by Crippen LogP contribution is 2.18. The van der Waals surface area contributed by atoms with Crippen LogP contribution in [0.2, 0.25) is 5.02 Å². The predicted molar refractivity (Wildman–Crippen MR) is 75.9 cm³/mol. The minimum absolute atomic E-state index is 0.0829. The van der Waals surface area contributed by atoms with Crippen LogP contribution in [0.1, 0.15) is 21.5 Å². The van der Waals surface area contributed by atoms with Crippen LogP contribution >= 0.6 is 11.6 Å². The van der Waals surface area contributed by atoms with Crippen LogP contribution in [0.3, 0.4) is 0 Å². The second-order valence-corrected chi connectivity index (χ2v) is 4.46. The molecule has 0 unspecified atom stereocenters. The highest BCUT2D eigenvalue weighted by molar-refractivity contribution is 6.34. The molecule has 2 rings (SSSR count). The van der Waals surface area contributed by atoms with Crippen molar-refractivity contribution in [1.82, 2.24) is 0 Å². The van der Waals surface area contributed by atoms with Gasteiger partial charge in [0.05, 0.1) is 16.7 Å². The number of benzene rings is 2. The molecule has 0 aliphatic rings. The normalized spacial score (nSPS) is 10.4. The second kappa shape index (κ2) is 6.14. The molecular formula is C16H9ClFNO. The van der Waals surface area contributed by atoms with Crippen molar-refractivity contribution in [3.8, 4) is 6.07 Å². The van der Waals surface area contributed by atoms with Gasteiger partial charge in [-0.2, -0.15) is 5.26 Å². The lowest BCUT2D eigenvalue weighted by Gasteiger charge is -1.99. The zero-order valence-corrected chi connectivity index (χ0v) is 11.1. The number of rotatable bonds is 3. The van der Waals surface area contributed by atoms with Crippen LogP contribution in [0, 0.1) is 17.1 Å². The number of halogens is 2. The Morgan fingerprint density at radius 1 is 1.20 bits per heavy atom. The molecule has 0 N–H and O–H groups in total. The summed E-state index contributed by atoms with van der Waals surface area (Å²) in [6, 6.07) is 12.4. The van der Waals surface area contributed by atoms with E-state index in [1.54, 1.807) is 30.3 Å². The minimum Gasteiger partial charge on any atom is -0.289 e. The third-order valence-corrected chi connectivity index (χ3v) is 2.98. The van der Waals surface area contributed by atoms with Gasteiger partial charge in [-0.25, -0.2) is 4.39 Å². The van der Waals surface area contributed by atoms with Crippen molar-refractivity contribution in [2.24, 2.45) is 0 Å². The SMILES string of the molecule is N#Cc1ccc(/C=C/C(=O)c2ccc(F)cc2Cl)cc1. The van der Waals surface area contributed by atoms with E-state index in [9.17, 15) is 9.18 Å². The summed E-state index contributed by atoms with van der Waals surface area (Å²) in [6.07, 6.45) is 2.98. The number of carbonyl (C=O) groups is 1. The van der Waals surface area contributed by atoms with Crippen LogP contribution in [0.4, 0.5) is 4.39 Å². The first-order chi connectivity index (χ1) is 9.60. The van der Waals surface area contributed by atoms with Gasteiger partial charge >= 0.3 is 0 Å². The molecule has 0 aliphatic heterocycles. The van der Waals surface area contributed by atoms with Gasteiger partial charge in [0.2, 0.25) is 0 Å². The summed E-state index contributed by atoms with van der Waals surface area (Å²) in [6.45, 7) is 0. The van der Waals surface area contributed by atoms with Gasteiger partial charge in [-0.15, -0.1) is 0 Å². The fourth-order valence-electron chi connectivity index (χ4n) is 1.62. The van der Waals surface area contributed by atoms with Gasteiger partial charge in [-0.05, 0) is 42.0 Å². The molecular weight excluding hydrogens is 277 g/mol. The van der Waals surface area contributed by atoms with Gasteiger partial charge < -0.3 is 0 Å². The second-order valence-electron chi connectivity index (χ2n) is 4.06. The molecule has 0 fully saturated rings. The van der Waals surface area contributed by atoms with Crippen molar-refractivity contribution < 1.29 is 9.18 Å². The molecule has 4 heteroatoms. The van der Waals surface area contributed by atoms with E-state index < -0.39 is 5.82 Å². The average Bonchev–Trinajstić information content (AvgIpc) is 2.45. The van der Waals surface area contributed by atoms with Crippen molar-refractivity contribution in [3.63, 3.8) is 0 Å². The number of nitrogens with zero attached hydrogens (tertiary/aromatic N) is 1. The molecule has 20 heavy (non-hydrogen) atoms. The van der Waals surface area contributed by atoms with Crippen molar-refractivity contribution in [2.45, 2.75) is 0 Å². The Kier molecular flexibility index (Phi) is 4.29. The predicted octanol–water partition coefficient (Wildman–Crippen LogP) is 4.25. The summed E-state index contributed by atoms with van der Waals surface area (Å²) in [5.41, 5.74) is 1.59. The number of hydrogen-bond acceptors (Lipinski definition) is 2. The van der Waals surface area contributed by atoms with Gasteiger partial charge in [0.1, 0.15) is 5.82 Å². The molecule has 0 saturated carbocycles. The summed E-state index contributed by atoms with van der Waals surface area (Å²) in [4.78, 5) is 11.9. The molecule has 98 valence electrons. The largest absolute Gasteiger partial charge is 0.289 e. The zero-order valence-electron chi connectivity index (χ0n) is 10.3. The lowest BCUT2D eigenvalue weighted by atomic mass is 10.1. The molecule has 0 atom stereocenters. The summed E-state index contributed by atoms with van der Waals surface area (Å²) in [7, 11) is 0. The molecule has 0 radical (unpaired) electrons. The smallest absolute Gasteiger partial charge is 0.187 e. The summed E-state index contributed by atoms with van der Waals surface area (Å²) < 4.78 is 12.9. The fraction of sp³-hybridized carbons (Fsp3) is 0. The average molecular weight is 286 g/mol. The Labute approximate surface area is 120 Å². The fourth-order valence-corrected chi connectivity index (χ4v) is 1.88. The molecule has 0 bridgehead atoms. The first-order valence-electron chi connectivity index (χ1n) is 5.78. The molecule has 0 aliphatic carbocycles. The van der Waals surface area contributed by atoms with Gasteiger partial charge in [-0.3, -0.25) is 4.79 Å². The maximum atomic E-state index is 12.9. The third-order valence-electron chi connectivity index (χ3n) is 2.66. The Bertz CT molecular complexity index is 714. The molecule has 2 aromatic rings. The van der Waals surface area contributed by atoms with Crippen molar-refractivity contribution in [3.05, 3.63) is 76.1 Å². The van der Waals surface area contributed by atoms with E-state index in [0.717, 1.165) is 11.6 Å². The Hall–Kier alpha value is -2.44. The van der Waals surface area contributed by atoms with E-state index in [2.05, 4.69) is 0 Å². The summed E-state index contributed by atoms with van der Waals surface area (Å²) >= 11 is 5.81. The van der Waals surface area contributed by atoms with Gasteiger partial charge in [0.25, 0.3) is 0 Å². The minimum atomic E-state index is -0.484. The summed E-state index contributed by atoms with van der Waals surface area (Å²) in [5.74, 6) is -0.790. The summed E-state index contributed by atoms with van der Waals surface area (Å²) in [5, 5.41) is 8.76. The first kappa shape index (κ1) is 14.0. The van der Waals surface area contributed by atoms with Crippen LogP contribution in [-0.4, -0.2) is 5.78 Å². The monoisotopic (exact) mass is 285 g/mol. The van der Waals surface area contributed by atoms with E-state index in [1.165, 1.54) is 18.2 Å². The van der Waals surface area contributed by atoms with Crippen LogP contribution in [0.25, 0.3) is 6.08 Å². The number of hydrogen-bond donors (Lipinski definition) is 0. The molecule has 2 aromatic carbocycles. The Balaban J connectivity index is 2.18. The van der Waals surface area contributed by atoms with E-state index in [1.807, 2.05) is 6.07 Å². The quantitative estimate of drug-likeness (QED) is 0.625. The molecule has 0 saturated heterocycles. The number of carbonyl (C=O) groups excluding carboxylic acids is 1. The molecule has 0 heterocycles. The molecule has 0 spiro atoms.